The summed E-state index contributed by atoms with van der Waals surface area (Å²) in [5, 5.41) is 4.55. The zero-order valence-corrected chi connectivity index (χ0v) is 18.9. The zero-order chi connectivity index (χ0) is 22.0. The highest BCUT2D eigenvalue weighted by Gasteiger charge is 2.36. The van der Waals surface area contributed by atoms with Crippen LogP contribution >= 0.6 is 22.6 Å². The summed E-state index contributed by atoms with van der Waals surface area (Å²) >= 11 is 2.15. The molecule has 0 saturated carbocycles. The van der Waals surface area contributed by atoms with Gasteiger partial charge in [-0.15, -0.1) is 0 Å². The minimum Gasteiger partial charge on any atom is -0.490 e. The molecule has 0 unspecified atom stereocenters. The Labute approximate surface area is 193 Å². The number of nitrogens with zero attached hydrogens (tertiary/aromatic N) is 1. The van der Waals surface area contributed by atoms with Gasteiger partial charge in [0.05, 0.1) is 5.56 Å². The summed E-state index contributed by atoms with van der Waals surface area (Å²) in [4.78, 5) is 26.2. The molecule has 4 rings (SSSR count). The molecule has 2 aromatic carbocycles. The van der Waals surface area contributed by atoms with Crippen molar-refractivity contribution < 1.29 is 18.7 Å². The molecule has 1 atom stereocenters. The van der Waals surface area contributed by atoms with Crippen LogP contribution in [-0.4, -0.2) is 23.4 Å². The van der Waals surface area contributed by atoms with Crippen LogP contribution in [0.4, 0.5) is 5.69 Å². The van der Waals surface area contributed by atoms with E-state index < -0.39 is 12.1 Å². The summed E-state index contributed by atoms with van der Waals surface area (Å²) in [5.74, 6) is 1.10. The van der Waals surface area contributed by atoms with Gasteiger partial charge in [0.25, 0.3) is 11.8 Å². The van der Waals surface area contributed by atoms with E-state index in [4.69, 9.17) is 9.15 Å². The molecule has 0 fully saturated rings. The third-order valence-corrected chi connectivity index (χ3v) is 5.39. The second-order valence-electron chi connectivity index (χ2n) is 6.93. The number of carbonyl (C=O) groups excluding carboxylic acids is 2. The molecule has 0 radical (unpaired) electrons. The Morgan fingerprint density at radius 3 is 2.71 bits per heavy atom. The van der Waals surface area contributed by atoms with Crippen molar-refractivity contribution in [3.05, 3.63) is 93.5 Å². The van der Waals surface area contributed by atoms with Gasteiger partial charge in [-0.25, -0.2) is 5.01 Å². The van der Waals surface area contributed by atoms with Crippen molar-refractivity contribution in [1.29, 1.82) is 0 Å². The predicted molar refractivity (Wildman–Crippen MR) is 125 cm³/mol. The molecule has 1 aliphatic heterocycles. The molecule has 158 valence electrons. The van der Waals surface area contributed by atoms with Crippen LogP contribution in [0.25, 0.3) is 0 Å². The number of hydrogen-bond donors (Lipinski definition) is 2. The smallest absolute Gasteiger partial charge is 0.276 e. The maximum atomic E-state index is 13.3. The average molecular weight is 529 g/mol. The highest BCUT2D eigenvalue weighted by atomic mass is 127. The summed E-state index contributed by atoms with van der Waals surface area (Å²) in [6.07, 6.45) is 0.957. The van der Waals surface area contributed by atoms with E-state index >= 15 is 0 Å². The number of aryl methyl sites for hydroxylation is 1. The summed E-state index contributed by atoms with van der Waals surface area (Å²) < 4.78 is 12.1. The van der Waals surface area contributed by atoms with Crippen molar-refractivity contribution in [1.82, 2.24) is 10.4 Å². The van der Waals surface area contributed by atoms with Crippen LogP contribution in [-0.2, 0) is 0 Å². The number of benzene rings is 2. The van der Waals surface area contributed by atoms with Crippen LogP contribution in [0, 0.1) is 10.5 Å². The van der Waals surface area contributed by atoms with E-state index in [0.29, 0.717) is 40.7 Å². The van der Waals surface area contributed by atoms with Crippen molar-refractivity contribution in [3.8, 4) is 5.75 Å². The van der Waals surface area contributed by atoms with Crippen LogP contribution in [0.2, 0.25) is 0 Å². The number of amides is 2. The summed E-state index contributed by atoms with van der Waals surface area (Å²) in [6.45, 7) is 5.81. The minimum absolute atomic E-state index is 0.328. The fourth-order valence-corrected chi connectivity index (χ4v) is 3.72. The van der Waals surface area contributed by atoms with Gasteiger partial charge < -0.3 is 14.5 Å². The Kier molecular flexibility index (Phi) is 5.99. The Balaban J connectivity index is 1.62. The first-order valence-corrected chi connectivity index (χ1v) is 10.6. The van der Waals surface area contributed by atoms with E-state index in [2.05, 4.69) is 39.9 Å². The minimum atomic E-state index is -0.687. The number of rotatable bonds is 6. The average Bonchev–Trinajstić information content (AvgIpc) is 3.20. The van der Waals surface area contributed by atoms with Gasteiger partial charge in [0.1, 0.15) is 23.9 Å². The van der Waals surface area contributed by atoms with E-state index in [1.54, 1.807) is 42.5 Å². The van der Waals surface area contributed by atoms with Gasteiger partial charge in [0, 0.05) is 14.8 Å². The van der Waals surface area contributed by atoms with Gasteiger partial charge >= 0.3 is 0 Å². The molecule has 31 heavy (non-hydrogen) atoms. The normalized spacial score (nSPS) is 15.1. The van der Waals surface area contributed by atoms with Gasteiger partial charge in [-0.1, -0.05) is 12.7 Å². The molecule has 0 saturated heterocycles. The molecule has 2 heterocycles. The van der Waals surface area contributed by atoms with Gasteiger partial charge in [-0.3, -0.25) is 15.0 Å². The molecule has 8 heteroatoms. The molecule has 0 bridgehead atoms. The zero-order valence-electron chi connectivity index (χ0n) is 16.7. The Morgan fingerprint density at radius 1 is 1.26 bits per heavy atom. The number of nitrogens with one attached hydrogen (secondary N) is 2. The molecule has 0 spiro atoms. The molecule has 0 aliphatic carbocycles. The molecule has 1 aliphatic rings. The lowest BCUT2D eigenvalue weighted by atomic mass is 10.1. The van der Waals surface area contributed by atoms with E-state index in [1.165, 1.54) is 5.01 Å². The topological polar surface area (TPSA) is 83.8 Å². The maximum Gasteiger partial charge on any atom is 0.276 e. The standard InChI is InChI=1S/C23H20IN3O4/c1-3-12-30-17-8-5-15(6-9-17)22(28)26-27-21(20-11-4-14(2)31-20)25-19-10-7-16(24)13-18(19)23(27)29/h3-11,13,21,25H,1,12H2,2H3,(H,26,28)/t21-/m1/s1. The van der Waals surface area contributed by atoms with Crippen LogP contribution in [0.1, 0.15) is 38.4 Å². The molecule has 1 aromatic heterocycles. The van der Waals surface area contributed by atoms with E-state index in [0.717, 1.165) is 3.57 Å². The Morgan fingerprint density at radius 2 is 2.03 bits per heavy atom. The number of furan rings is 1. The highest BCUT2D eigenvalue weighted by molar-refractivity contribution is 14.1. The number of ether oxygens (including phenoxy) is 1. The fraction of sp³-hybridized carbons (Fsp3) is 0.130. The first kappa shape index (κ1) is 21.0. The summed E-state index contributed by atoms with van der Waals surface area (Å²) in [7, 11) is 0. The van der Waals surface area contributed by atoms with Crippen LogP contribution in [0.15, 0.2) is 71.7 Å². The lowest BCUT2D eigenvalue weighted by molar-refractivity contribution is 0.0466. The summed E-state index contributed by atoms with van der Waals surface area (Å²) in [5.41, 5.74) is 4.27. The van der Waals surface area contributed by atoms with Crippen LogP contribution in [0.5, 0.6) is 5.75 Å². The Bertz CT molecular complexity index is 1140. The highest BCUT2D eigenvalue weighted by Crippen LogP contribution is 2.33. The van der Waals surface area contributed by atoms with Gasteiger partial charge in [0.15, 0.2) is 6.17 Å². The first-order valence-electron chi connectivity index (χ1n) is 9.57. The monoisotopic (exact) mass is 529 g/mol. The van der Waals surface area contributed by atoms with Gasteiger partial charge in [0.2, 0.25) is 0 Å². The first-order chi connectivity index (χ1) is 15.0. The molecule has 7 nitrogen and oxygen atoms in total. The second kappa shape index (κ2) is 8.84. The third kappa shape index (κ3) is 4.43. The van der Waals surface area contributed by atoms with Crippen molar-refractivity contribution >= 4 is 40.1 Å². The summed E-state index contributed by atoms with van der Waals surface area (Å²) in [6, 6.07) is 15.8. The molecule has 2 amide bonds. The lowest BCUT2D eigenvalue weighted by Gasteiger charge is -2.36. The number of hydrogen-bond acceptors (Lipinski definition) is 5. The number of anilines is 1. The maximum absolute atomic E-state index is 13.3. The Hall–Kier alpha value is -3.27. The quantitative estimate of drug-likeness (QED) is 0.359. The SMILES string of the molecule is C=CCOc1ccc(C(=O)NN2C(=O)c3cc(I)ccc3N[C@H]2c2ccc(C)o2)cc1. The van der Waals surface area contributed by atoms with Crippen LogP contribution in [0.3, 0.4) is 0 Å². The van der Waals surface area contributed by atoms with Crippen molar-refractivity contribution in [2.75, 3.05) is 11.9 Å². The van der Waals surface area contributed by atoms with Gasteiger partial charge in [-0.05, 0) is 84.1 Å². The molecule has 3 aromatic rings. The second-order valence-corrected chi connectivity index (χ2v) is 8.17. The molecular weight excluding hydrogens is 509 g/mol. The third-order valence-electron chi connectivity index (χ3n) is 4.72. The fourth-order valence-electron chi connectivity index (χ4n) is 3.22. The van der Waals surface area contributed by atoms with Crippen molar-refractivity contribution in [2.24, 2.45) is 0 Å². The predicted octanol–water partition coefficient (Wildman–Crippen LogP) is 4.67. The van der Waals surface area contributed by atoms with E-state index in [1.807, 2.05) is 25.1 Å². The largest absolute Gasteiger partial charge is 0.490 e. The van der Waals surface area contributed by atoms with E-state index in [9.17, 15) is 9.59 Å². The number of fused-ring (bicyclic) bond motifs is 1. The van der Waals surface area contributed by atoms with Crippen molar-refractivity contribution in [2.45, 2.75) is 13.1 Å². The van der Waals surface area contributed by atoms with Gasteiger partial charge in [-0.2, -0.15) is 0 Å². The lowest BCUT2D eigenvalue weighted by Crippen LogP contribution is -2.52. The van der Waals surface area contributed by atoms with E-state index in [-0.39, 0.29) is 5.91 Å². The molecular formula is C23H20IN3O4. The number of halogens is 1. The van der Waals surface area contributed by atoms with Crippen molar-refractivity contribution in [3.63, 3.8) is 0 Å². The number of carbonyl (C=O) groups is 2. The molecule has 2 N–H and O–H groups in total. The van der Waals surface area contributed by atoms with Crippen LogP contribution < -0.4 is 15.5 Å². The number of hydrazine groups is 1.